The van der Waals surface area contributed by atoms with E-state index in [-0.39, 0.29) is 5.75 Å². The highest BCUT2D eigenvalue weighted by molar-refractivity contribution is 9.10. The number of nitrogens with one attached hydrogen (secondary N) is 1. The molecule has 0 amide bonds. The minimum atomic E-state index is -4.45. The van der Waals surface area contributed by atoms with E-state index in [1.807, 2.05) is 0 Å². The molecule has 1 heterocycles. The first-order chi connectivity index (χ1) is 8.88. The van der Waals surface area contributed by atoms with Gasteiger partial charge in [0.2, 0.25) is 0 Å². The number of piperazine rings is 1. The Bertz CT molecular complexity index is 436. The molecule has 0 atom stereocenters. The Morgan fingerprint density at radius 2 is 1.89 bits per heavy atom. The third-order valence-electron chi connectivity index (χ3n) is 3.09. The molecule has 2 N–H and O–H groups in total. The molecular weight excluding hydrogens is 325 g/mol. The molecule has 0 spiro atoms. The molecular formula is C12H14BrF3N2O. The second-order valence-electron chi connectivity index (χ2n) is 4.48. The van der Waals surface area contributed by atoms with Gasteiger partial charge in [-0.2, -0.15) is 13.2 Å². The zero-order valence-electron chi connectivity index (χ0n) is 10.1. The largest absolute Gasteiger partial charge is 0.508 e. The monoisotopic (exact) mass is 338 g/mol. The Balaban J connectivity index is 2.21. The van der Waals surface area contributed by atoms with E-state index in [0.29, 0.717) is 16.6 Å². The number of phenolic OH excluding ortho intramolecular Hbond substituents is 1. The molecule has 0 radical (unpaired) electrons. The van der Waals surface area contributed by atoms with Gasteiger partial charge >= 0.3 is 6.18 Å². The van der Waals surface area contributed by atoms with Crippen LogP contribution in [0.4, 0.5) is 13.2 Å². The summed E-state index contributed by atoms with van der Waals surface area (Å²) in [6.45, 7) is 3.75. The maximum Gasteiger partial charge on any atom is 0.416 e. The molecule has 106 valence electrons. The normalized spacial score (nSPS) is 17.7. The lowest BCUT2D eigenvalue weighted by molar-refractivity contribution is -0.137. The van der Waals surface area contributed by atoms with Gasteiger partial charge in [-0.3, -0.25) is 4.90 Å². The summed E-state index contributed by atoms with van der Waals surface area (Å²) >= 11 is 3.11. The highest BCUT2D eigenvalue weighted by Crippen LogP contribution is 2.37. The van der Waals surface area contributed by atoms with E-state index < -0.39 is 11.7 Å². The first-order valence-corrected chi connectivity index (χ1v) is 6.69. The van der Waals surface area contributed by atoms with Crippen LogP contribution in [0.3, 0.4) is 0 Å². The maximum absolute atomic E-state index is 12.6. The van der Waals surface area contributed by atoms with E-state index in [4.69, 9.17) is 0 Å². The van der Waals surface area contributed by atoms with Crippen molar-refractivity contribution < 1.29 is 18.3 Å². The Labute approximate surface area is 117 Å². The van der Waals surface area contributed by atoms with Crippen LogP contribution in [0, 0.1) is 0 Å². The number of nitrogens with zero attached hydrogens (tertiary/aromatic N) is 1. The standard InChI is InChI=1S/C12H14BrF3N2O/c13-10-5-8(12(14,15)16)6-11(19)9(10)7-18-3-1-17-2-4-18/h5-6,17,19H,1-4,7H2. The van der Waals surface area contributed by atoms with Crippen molar-refractivity contribution in [3.8, 4) is 5.75 Å². The Morgan fingerprint density at radius 3 is 2.42 bits per heavy atom. The number of hydrogen-bond acceptors (Lipinski definition) is 3. The second-order valence-corrected chi connectivity index (χ2v) is 5.33. The molecule has 1 aromatic rings. The molecule has 1 fully saturated rings. The molecule has 7 heteroatoms. The summed E-state index contributed by atoms with van der Waals surface area (Å²) in [6.07, 6.45) is -4.45. The number of aromatic hydroxyl groups is 1. The van der Waals surface area contributed by atoms with Crippen molar-refractivity contribution >= 4 is 15.9 Å². The van der Waals surface area contributed by atoms with Crippen LogP contribution in [0.25, 0.3) is 0 Å². The van der Waals surface area contributed by atoms with Crippen LogP contribution in [0.15, 0.2) is 16.6 Å². The van der Waals surface area contributed by atoms with Crippen LogP contribution in [0.2, 0.25) is 0 Å². The van der Waals surface area contributed by atoms with Gasteiger partial charge in [-0.15, -0.1) is 0 Å². The Hall–Kier alpha value is -0.790. The first-order valence-electron chi connectivity index (χ1n) is 5.89. The minimum absolute atomic E-state index is 0.290. The number of alkyl halides is 3. The van der Waals surface area contributed by atoms with Gasteiger partial charge in [0.25, 0.3) is 0 Å². The molecule has 1 aliphatic heterocycles. The summed E-state index contributed by atoms with van der Waals surface area (Å²) in [4.78, 5) is 2.09. The van der Waals surface area contributed by atoms with Crippen molar-refractivity contribution in [3.63, 3.8) is 0 Å². The van der Waals surface area contributed by atoms with Crippen molar-refractivity contribution in [3.05, 3.63) is 27.7 Å². The molecule has 1 aliphatic rings. The zero-order chi connectivity index (χ0) is 14.0. The van der Waals surface area contributed by atoms with Crippen molar-refractivity contribution in [2.24, 2.45) is 0 Å². The molecule has 1 saturated heterocycles. The summed E-state index contributed by atoms with van der Waals surface area (Å²) in [5.74, 6) is -0.319. The van der Waals surface area contributed by atoms with Crippen molar-refractivity contribution in [2.75, 3.05) is 26.2 Å². The summed E-state index contributed by atoms with van der Waals surface area (Å²) in [5, 5.41) is 13.0. The second kappa shape index (κ2) is 5.68. The van der Waals surface area contributed by atoms with Gasteiger partial charge < -0.3 is 10.4 Å². The molecule has 0 aromatic heterocycles. The van der Waals surface area contributed by atoms with Crippen LogP contribution < -0.4 is 5.32 Å². The van der Waals surface area contributed by atoms with Gasteiger partial charge in [0, 0.05) is 42.8 Å². The predicted octanol–water partition coefficient (Wildman–Crippen LogP) is 2.58. The van der Waals surface area contributed by atoms with E-state index in [9.17, 15) is 18.3 Å². The summed E-state index contributed by atoms with van der Waals surface area (Å²) in [7, 11) is 0. The fourth-order valence-corrected chi connectivity index (χ4v) is 2.61. The number of hydrogen-bond donors (Lipinski definition) is 2. The Morgan fingerprint density at radius 1 is 1.26 bits per heavy atom. The van der Waals surface area contributed by atoms with Crippen LogP contribution >= 0.6 is 15.9 Å². The molecule has 0 unspecified atom stereocenters. The van der Waals surface area contributed by atoms with E-state index in [2.05, 4.69) is 26.1 Å². The lowest BCUT2D eigenvalue weighted by atomic mass is 10.1. The average Bonchev–Trinajstić information content (AvgIpc) is 2.33. The van der Waals surface area contributed by atoms with Crippen LogP contribution in [-0.2, 0) is 12.7 Å². The molecule has 1 aromatic carbocycles. The van der Waals surface area contributed by atoms with Gasteiger partial charge in [0.15, 0.2) is 0 Å². The summed E-state index contributed by atoms with van der Waals surface area (Å²) < 4.78 is 38.1. The molecule has 19 heavy (non-hydrogen) atoms. The average molecular weight is 339 g/mol. The van der Waals surface area contributed by atoms with Crippen molar-refractivity contribution in [1.29, 1.82) is 0 Å². The van der Waals surface area contributed by atoms with E-state index in [0.717, 1.165) is 38.3 Å². The number of rotatable bonds is 2. The summed E-state index contributed by atoms with van der Waals surface area (Å²) in [5.41, 5.74) is -0.351. The number of phenols is 1. The van der Waals surface area contributed by atoms with E-state index in [1.165, 1.54) is 0 Å². The lowest BCUT2D eigenvalue weighted by Crippen LogP contribution is -2.42. The third-order valence-corrected chi connectivity index (χ3v) is 3.80. The van der Waals surface area contributed by atoms with E-state index in [1.54, 1.807) is 0 Å². The third kappa shape index (κ3) is 3.61. The topological polar surface area (TPSA) is 35.5 Å². The van der Waals surface area contributed by atoms with Crippen LogP contribution in [0.5, 0.6) is 5.75 Å². The number of benzene rings is 1. The SMILES string of the molecule is Oc1cc(C(F)(F)F)cc(Br)c1CN1CCNCC1. The fourth-order valence-electron chi connectivity index (χ4n) is 2.04. The molecule has 0 bridgehead atoms. The predicted molar refractivity (Wildman–Crippen MR) is 69.0 cm³/mol. The quantitative estimate of drug-likeness (QED) is 0.870. The molecule has 0 saturated carbocycles. The Kier molecular flexibility index (Phi) is 4.37. The lowest BCUT2D eigenvalue weighted by Gasteiger charge is -2.28. The molecule has 2 rings (SSSR count). The van der Waals surface area contributed by atoms with Gasteiger partial charge in [-0.05, 0) is 12.1 Å². The van der Waals surface area contributed by atoms with Crippen molar-refractivity contribution in [2.45, 2.75) is 12.7 Å². The highest BCUT2D eigenvalue weighted by Gasteiger charge is 2.32. The van der Waals surface area contributed by atoms with Crippen molar-refractivity contribution in [1.82, 2.24) is 10.2 Å². The van der Waals surface area contributed by atoms with Crippen LogP contribution in [0.1, 0.15) is 11.1 Å². The van der Waals surface area contributed by atoms with E-state index >= 15 is 0 Å². The molecule has 3 nitrogen and oxygen atoms in total. The first kappa shape index (κ1) is 14.6. The number of halogens is 4. The minimum Gasteiger partial charge on any atom is -0.508 e. The summed E-state index contributed by atoms with van der Waals surface area (Å²) in [6, 6.07) is 1.79. The fraction of sp³-hybridized carbons (Fsp3) is 0.500. The smallest absolute Gasteiger partial charge is 0.416 e. The zero-order valence-corrected chi connectivity index (χ0v) is 11.7. The van der Waals surface area contributed by atoms with Gasteiger partial charge in [0.05, 0.1) is 5.56 Å². The molecule has 0 aliphatic carbocycles. The maximum atomic E-state index is 12.6. The van der Waals surface area contributed by atoms with Crippen LogP contribution in [-0.4, -0.2) is 36.2 Å². The van der Waals surface area contributed by atoms with Gasteiger partial charge in [-0.1, -0.05) is 15.9 Å². The van der Waals surface area contributed by atoms with Gasteiger partial charge in [-0.25, -0.2) is 0 Å². The highest BCUT2D eigenvalue weighted by atomic mass is 79.9. The van der Waals surface area contributed by atoms with Gasteiger partial charge in [0.1, 0.15) is 5.75 Å².